The van der Waals surface area contributed by atoms with Crippen molar-refractivity contribution in [3.8, 4) is 0 Å². The van der Waals surface area contributed by atoms with Gasteiger partial charge in [-0.1, -0.05) is 0 Å². The number of hydrogen-bond acceptors (Lipinski definition) is 6. The molecular formula is C15H11F3N4O2S. The molecule has 1 aliphatic heterocycles. The first-order chi connectivity index (χ1) is 11.7. The van der Waals surface area contributed by atoms with E-state index in [0.717, 1.165) is 11.0 Å². The van der Waals surface area contributed by atoms with E-state index in [4.69, 9.17) is 0 Å². The molecule has 0 saturated heterocycles. The Balaban J connectivity index is 2.14. The molecule has 1 aromatic heterocycles. The first kappa shape index (κ1) is 17.2. The number of rotatable bonds is 3. The predicted octanol–water partition coefficient (Wildman–Crippen LogP) is 3.01. The summed E-state index contributed by atoms with van der Waals surface area (Å²) in [5.74, 6) is -2.95. The zero-order valence-corrected chi connectivity index (χ0v) is 13.8. The van der Waals surface area contributed by atoms with E-state index in [9.17, 15) is 22.8 Å². The van der Waals surface area contributed by atoms with E-state index >= 15 is 0 Å². The number of nitrogens with one attached hydrogen (secondary N) is 1. The summed E-state index contributed by atoms with van der Waals surface area (Å²) in [6.07, 6.45) is -1.87. The molecule has 0 fully saturated rings. The summed E-state index contributed by atoms with van der Waals surface area (Å²) in [5, 5.41) is 0.897. The first-order valence-electron chi connectivity index (χ1n) is 6.97. The van der Waals surface area contributed by atoms with Gasteiger partial charge < -0.3 is 0 Å². The van der Waals surface area contributed by atoms with E-state index in [1.807, 2.05) is 0 Å². The third-order valence-electron chi connectivity index (χ3n) is 3.47. The van der Waals surface area contributed by atoms with Crippen LogP contribution in [0.2, 0.25) is 0 Å². The zero-order chi connectivity index (χ0) is 18.4. The number of halogens is 3. The van der Waals surface area contributed by atoms with E-state index in [0.29, 0.717) is 5.01 Å². The van der Waals surface area contributed by atoms with Gasteiger partial charge in [-0.3, -0.25) is 15.0 Å². The fourth-order valence-electron chi connectivity index (χ4n) is 2.25. The Morgan fingerprint density at radius 3 is 2.48 bits per heavy atom. The number of amides is 2. The van der Waals surface area contributed by atoms with Crippen molar-refractivity contribution >= 4 is 40.3 Å². The Kier molecular flexibility index (Phi) is 4.15. The summed E-state index contributed by atoms with van der Waals surface area (Å²) in [6, 6.07) is 4.65. The molecular weight excluding hydrogens is 357 g/mol. The molecule has 2 aromatic rings. The molecule has 0 unspecified atom stereocenters. The van der Waals surface area contributed by atoms with Crippen LogP contribution in [0.25, 0.3) is 10.9 Å². The molecule has 25 heavy (non-hydrogen) atoms. The Bertz CT molecular complexity index is 927. The number of anilines is 1. The van der Waals surface area contributed by atoms with Gasteiger partial charge in [-0.05, 0) is 31.4 Å². The number of hydrogen-bond donors (Lipinski definition) is 1. The van der Waals surface area contributed by atoms with Crippen LogP contribution < -0.4 is 5.43 Å². The number of alkyl halides is 3. The largest absolute Gasteiger partial charge is 0.451 e. The standard InChI is InChI=1S/C15H11F3N4O2S/c1-7-5-11(23)22(13(7)24)21-12-9-6-8(25-2)3-4-10(9)19-14(20-12)15(16,17)18/h3-6H,1-2H3,(H,19,20,21). The van der Waals surface area contributed by atoms with Crippen molar-refractivity contribution in [2.24, 2.45) is 0 Å². The van der Waals surface area contributed by atoms with Crippen molar-refractivity contribution in [1.82, 2.24) is 15.0 Å². The number of benzene rings is 1. The quantitative estimate of drug-likeness (QED) is 0.663. The second-order valence-electron chi connectivity index (χ2n) is 5.19. The number of carbonyl (C=O) groups excluding carboxylic acids is 2. The highest BCUT2D eigenvalue weighted by Gasteiger charge is 2.36. The maximum Gasteiger partial charge on any atom is 0.451 e. The average Bonchev–Trinajstić information content (AvgIpc) is 2.79. The predicted molar refractivity (Wildman–Crippen MR) is 85.6 cm³/mol. The molecule has 0 bridgehead atoms. The highest BCUT2D eigenvalue weighted by Crippen LogP contribution is 2.32. The number of hydrazine groups is 1. The van der Waals surface area contributed by atoms with Gasteiger partial charge in [-0.15, -0.1) is 11.8 Å². The average molecular weight is 368 g/mol. The van der Waals surface area contributed by atoms with Crippen LogP contribution in [0.5, 0.6) is 0 Å². The summed E-state index contributed by atoms with van der Waals surface area (Å²) in [5.41, 5.74) is 2.62. The minimum Gasteiger partial charge on any atom is -0.271 e. The lowest BCUT2D eigenvalue weighted by molar-refractivity contribution is -0.144. The van der Waals surface area contributed by atoms with Crippen LogP contribution in [0, 0.1) is 0 Å². The van der Waals surface area contributed by atoms with Crippen molar-refractivity contribution < 1.29 is 22.8 Å². The number of fused-ring (bicyclic) bond motifs is 1. The number of aromatic nitrogens is 2. The molecule has 0 saturated carbocycles. The monoisotopic (exact) mass is 368 g/mol. The van der Waals surface area contributed by atoms with E-state index in [1.165, 1.54) is 24.8 Å². The van der Waals surface area contributed by atoms with Gasteiger partial charge >= 0.3 is 6.18 Å². The highest BCUT2D eigenvalue weighted by molar-refractivity contribution is 7.98. The van der Waals surface area contributed by atoms with Gasteiger partial charge in [0.05, 0.1) is 5.52 Å². The number of nitrogens with zero attached hydrogens (tertiary/aromatic N) is 3. The summed E-state index contributed by atoms with van der Waals surface area (Å²) >= 11 is 1.38. The molecule has 1 N–H and O–H groups in total. The molecule has 6 nitrogen and oxygen atoms in total. The molecule has 3 rings (SSSR count). The topological polar surface area (TPSA) is 75.2 Å². The number of imide groups is 1. The summed E-state index contributed by atoms with van der Waals surface area (Å²) in [6.45, 7) is 1.44. The van der Waals surface area contributed by atoms with Gasteiger partial charge in [0.25, 0.3) is 11.8 Å². The second kappa shape index (κ2) is 6.03. The second-order valence-corrected chi connectivity index (χ2v) is 6.07. The Hall–Kier alpha value is -2.62. The Morgan fingerprint density at radius 2 is 1.92 bits per heavy atom. The van der Waals surface area contributed by atoms with Crippen LogP contribution in [0.1, 0.15) is 12.7 Å². The van der Waals surface area contributed by atoms with Crippen LogP contribution >= 0.6 is 11.8 Å². The van der Waals surface area contributed by atoms with E-state index in [-0.39, 0.29) is 22.3 Å². The third-order valence-corrected chi connectivity index (χ3v) is 4.20. The van der Waals surface area contributed by atoms with Crippen molar-refractivity contribution in [1.29, 1.82) is 0 Å². The summed E-state index contributed by atoms with van der Waals surface area (Å²) in [7, 11) is 0. The van der Waals surface area contributed by atoms with Crippen molar-refractivity contribution in [3.63, 3.8) is 0 Å². The van der Waals surface area contributed by atoms with Crippen LogP contribution in [0.4, 0.5) is 19.0 Å². The van der Waals surface area contributed by atoms with Crippen LogP contribution in [-0.2, 0) is 15.8 Å². The molecule has 2 heterocycles. The fraction of sp³-hybridized carbons (Fsp3) is 0.200. The lowest BCUT2D eigenvalue weighted by atomic mass is 10.2. The van der Waals surface area contributed by atoms with Gasteiger partial charge in [-0.25, -0.2) is 9.97 Å². The summed E-state index contributed by atoms with van der Waals surface area (Å²) < 4.78 is 39.2. The molecule has 0 radical (unpaired) electrons. The Morgan fingerprint density at radius 1 is 1.20 bits per heavy atom. The maximum absolute atomic E-state index is 13.1. The first-order valence-corrected chi connectivity index (χ1v) is 8.19. The van der Waals surface area contributed by atoms with E-state index < -0.39 is 23.8 Å². The third kappa shape index (κ3) is 3.16. The van der Waals surface area contributed by atoms with Crippen molar-refractivity contribution in [3.05, 3.63) is 35.7 Å². The van der Waals surface area contributed by atoms with E-state index in [2.05, 4.69) is 15.4 Å². The van der Waals surface area contributed by atoms with Crippen LogP contribution in [0.3, 0.4) is 0 Å². The molecule has 0 aliphatic carbocycles. The highest BCUT2D eigenvalue weighted by atomic mass is 32.2. The number of thioether (sulfide) groups is 1. The lowest BCUT2D eigenvalue weighted by Crippen LogP contribution is -2.37. The molecule has 1 aromatic carbocycles. The van der Waals surface area contributed by atoms with Gasteiger partial charge in [0, 0.05) is 21.9 Å². The smallest absolute Gasteiger partial charge is 0.271 e. The normalized spacial score (nSPS) is 15.1. The molecule has 0 atom stereocenters. The van der Waals surface area contributed by atoms with Crippen molar-refractivity contribution in [2.45, 2.75) is 18.0 Å². The minimum atomic E-state index is -4.77. The maximum atomic E-state index is 13.1. The molecule has 2 amide bonds. The van der Waals surface area contributed by atoms with Gasteiger partial charge in [0.15, 0.2) is 5.82 Å². The summed E-state index contributed by atoms with van der Waals surface area (Å²) in [4.78, 5) is 31.6. The Labute approximate surface area is 144 Å². The van der Waals surface area contributed by atoms with Crippen LogP contribution in [0.15, 0.2) is 34.7 Å². The molecule has 10 heteroatoms. The van der Waals surface area contributed by atoms with Crippen molar-refractivity contribution in [2.75, 3.05) is 11.7 Å². The van der Waals surface area contributed by atoms with Gasteiger partial charge in [-0.2, -0.15) is 18.2 Å². The zero-order valence-electron chi connectivity index (χ0n) is 13.0. The fourth-order valence-corrected chi connectivity index (χ4v) is 2.69. The van der Waals surface area contributed by atoms with Gasteiger partial charge in [0.2, 0.25) is 5.82 Å². The van der Waals surface area contributed by atoms with Gasteiger partial charge in [0.1, 0.15) is 0 Å². The number of carbonyl (C=O) groups is 2. The molecule has 1 aliphatic rings. The molecule has 0 spiro atoms. The lowest BCUT2D eigenvalue weighted by Gasteiger charge is -2.18. The van der Waals surface area contributed by atoms with Crippen LogP contribution in [-0.4, -0.2) is 33.0 Å². The van der Waals surface area contributed by atoms with E-state index in [1.54, 1.807) is 18.4 Å². The molecule has 130 valence electrons. The SMILES string of the molecule is CSc1ccc2nc(C(F)(F)F)nc(NN3C(=O)C=C(C)C3=O)c2c1. The minimum absolute atomic E-state index is 0.0476.